The molecule has 0 aliphatic heterocycles. The van der Waals surface area contributed by atoms with E-state index in [4.69, 9.17) is 39.5 Å². The summed E-state index contributed by atoms with van der Waals surface area (Å²) >= 11 is 19.8. The van der Waals surface area contributed by atoms with E-state index in [0.29, 0.717) is 16.8 Å². The zero-order chi connectivity index (χ0) is 28.2. The normalized spacial score (nSPS) is 12.0. The van der Waals surface area contributed by atoms with Crippen LogP contribution in [-0.4, -0.2) is 34.3 Å². The number of nitrogens with one attached hydrogen (secondary N) is 3. The number of amides is 2. The number of para-hydroxylation sites is 1. The lowest BCUT2D eigenvalue weighted by molar-refractivity contribution is 0.0527. The van der Waals surface area contributed by atoms with Crippen LogP contribution in [0.1, 0.15) is 42.9 Å². The Kier molecular flexibility index (Phi) is 9.02. The molecule has 39 heavy (non-hydrogen) atoms. The van der Waals surface area contributed by atoms with Crippen molar-refractivity contribution < 1.29 is 19.1 Å². The fraction of sp³-hybridized carbons (Fsp3) is 0.179. The van der Waals surface area contributed by atoms with Crippen LogP contribution in [0.15, 0.2) is 72.8 Å². The molecule has 0 saturated heterocycles. The number of thiophene rings is 1. The number of carbonyl (C=O) groups is 3. The van der Waals surface area contributed by atoms with Crippen LogP contribution in [0.5, 0.6) is 0 Å². The topological polar surface area (TPSA) is 96.5 Å². The summed E-state index contributed by atoms with van der Waals surface area (Å²) in [5.41, 5.74) is 1.46. The molecule has 3 aromatic carbocycles. The minimum Gasteiger partial charge on any atom is -0.462 e. The van der Waals surface area contributed by atoms with Crippen molar-refractivity contribution in [2.24, 2.45) is 0 Å². The Labute approximate surface area is 244 Å². The minimum absolute atomic E-state index is 0.110. The highest BCUT2D eigenvalue weighted by molar-refractivity contribution is 7.18. The summed E-state index contributed by atoms with van der Waals surface area (Å²) in [6, 6.07) is 21.6. The first-order valence-electron chi connectivity index (χ1n) is 11.9. The minimum atomic E-state index is -2.03. The van der Waals surface area contributed by atoms with Gasteiger partial charge in [-0.1, -0.05) is 89.4 Å². The Morgan fingerprint density at radius 2 is 1.59 bits per heavy atom. The first kappa shape index (κ1) is 28.7. The molecule has 0 aliphatic carbocycles. The molecule has 4 rings (SSSR count). The molecular formula is C28H24Cl3N3O4S. The van der Waals surface area contributed by atoms with E-state index in [1.807, 2.05) is 36.4 Å². The Hall–Kier alpha value is -3.30. The number of halogens is 3. The van der Waals surface area contributed by atoms with Gasteiger partial charge in [-0.3, -0.25) is 9.59 Å². The maximum absolute atomic E-state index is 13.3. The number of alkyl halides is 3. The van der Waals surface area contributed by atoms with Crippen LogP contribution in [-0.2, 0) is 4.74 Å². The van der Waals surface area contributed by atoms with Crippen LogP contribution in [0.4, 0.5) is 10.7 Å². The van der Waals surface area contributed by atoms with Gasteiger partial charge in [-0.05, 0) is 48.4 Å². The summed E-state index contributed by atoms with van der Waals surface area (Å²) in [7, 11) is 0. The van der Waals surface area contributed by atoms with Crippen LogP contribution >= 0.6 is 46.1 Å². The molecule has 0 unspecified atom stereocenters. The van der Waals surface area contributed by atoms with Gasteiger partial charge in [0.25, 0.3) is 11.8 Å². The summed E-state index contributed by atoms with van der Waals surface area (Å²) in [6.45, 7) is 3.42. The number of benzene rings is 3. The molecule has 3 N–H and O–H groups in total. The zero-order valence-corrected chi connectivity index (χ0v) is 24.0. The van der Waals surface area contributed by atoms with Crippen molar-refractivity contribution in [1.29, 1.82) is 0 Å². The molecule has 11 heteroatoms. The van der Waals surface area contributed by atoms with E-state index in [9.17, 15) is 14.4 Å². The predicted molar refractivity (Wildman–Crippen MR) is 159 cm³/mol. The van der Waals surface area contributed by atoms with E-state index in [-0.39, 0.29) is 22.0 Å². The van der Waals surface area contributed by atoms with Gasteiger partial charge >= 0.3 is 5.97 Å². The highest BCUT2D eigenvalue weighted by atomic mass is 35.6. The molecule has 0 aliphatic rings. The third kappa shape index (κ3) is 6.65. The van der Waals surface area contributed by atoms with Gasteiger partial charge in [-0.15, -0.1) is 11.3 Å². The van der Waals surface area contributed by atoms with E-state index in [0.717, 1.165) is 22.1 Å². The number of fused-ring (bicyclic) bond motifs is 1. The number of esters is 1. The first-order chi connectivity index (χ1) is 18.6. The second-order valence-corrected chi connectivity index (χ2v) is 11.8. The Bertz CT molecular complexity index is 1510. The quantitative estimate of drug-likeness (QED) is 0.113. The van der Waals surface area contributed by atoms with Crippen LogP contribution in [0, 0.1) is 6.92 Å². The SMILES string of the molecule is CCOC(=O)c1c(N[C@@H](NC(=O)c2cccc3ccccc23)C(Cl)(Cl)Cl)sc(C(=O)Nc2ccccc2)c1C. The highest BCUT2D eigenvalue weighted by Crippen LogP contribution is 2.38. The van der Waals surface area contributed by atoms with Crippen LogP contribution in [0.2, 0.25) is 0 Å². The summed E-state index contributed by atoms with van der Waals surface area (Å²) in [5, 5.41) is 10.3. The molecule has 4 aromatic rings. The fourth-order valence-electron chi connectivity index (χ4n) is 3.95. The lowest BCUT2D eigenvalue weighted by Gasteiger charge is -2.27. The molecule has 0 fully saturated rings. The van der Waals surface area contributed by atoms with Crippen molar-refractivity contribution in [2.75, 3.05) is 17.2 Å². The summed E-state index contributed by atoms with van der Waals surface area (Å²) in [4.78, 5) is 39.6. The zero-order valence-electron chi connectivity index (χ0n) is 20.9. The molecule has 202 valence electrons. The van der Waals surface area contributed by atoms with Crippen molar-refractivity contribution in [3.8, 4) is 0 Å². The van der Waals surface area contributed by atoms with Crippen LogP contribution in [0.3, 0.4) is 0 Å². The first-order valence-corrected chi connectivity index (χ1v) is 13.8. The summed E-state index contributed by atoms with van der Waals surface area (Å²) in [5.74, 6) is -1.58. The van der Waals surface area contributed by atoms with Gasteiger partial charge < -0.3 is 20.7 Å². The molecule has 0 saturated carbocycles. The molecular weight excluding hydrogens is 581 g/mol. The van der Waals surface area contributed by atoms with E-state index in [2.05, 4.69) is 16.0 Å². The van der Waals surface area contributed by atoms with Gasteiger partial charge in [0.1, 0.15) is 11.2 Å². The monoisotopic (exact) mass is 603 g/mol. The second kappa shape index (κ2) is 12.3. The average Bonchev–Trinajstić information content (AvgIpc) is 3.23. The van der Waals surface area contributed by atoms with Crippen molar-refractivity contribution in [1.82, 2.24) is 5.32 Å². The van der Waals surface area contributed by atoms with E-state index in [1.54, 1.807) is 50.2 Å². The maximum atomic E-state index is 13.3. The standard InChI is InChI=1S/C28H24Cl3N3O4S/c1-3-38-26(37)21-16(2)22(24(36)32-18-12-5-4-6-13-18)39-25(21)34-27(28(29,30)31)33-23(35)20-15-9-11-17-10-7-8-14-19(17)20/h4-15,27,34H,3H2,1-2H3,(H,32,36)(H,33,35)/t27-/m1/s1. The van der Waals surface area contributed by atoms with Gasteiger partial charge in [-0.25, -0.2) is 4.79 Å². The second-order valence-electron chi connectivity index (χ2n) is 8.42. The van der Waals surface area contributed by atoms with E-state index < -0.39 is 27.7 Å². The largest absolute Gasteiger partial charge is 0.462 e. The molecule has 1 aromatic heterocycles. The highest BCUT2D eigenvalue weighted by Gasteiger charge is 2.37. The number of hydrogen-bond donors (Lipinski definition) is 3. The van der Waals surface area contributed by atoms with Crippen LogP contribution in [0.25, 0.3) is 10.8 Å². The van der Waals surface area contributed by atoms with Gasteiger partial charge in [0, 0.05) is 11.3 Å². The van der Waals surface area contributed by atoms with Crippen molar-refractivity contribution in [2.45, 2.75) is 23.8 Å². The summed E-state index contributed by atoms with van der Waals surface area (Å²) in [6.07, 6.45) is -1.27. The molecule has 1 atom stereocenters. The molecule has 1 heterocycles. The van der Waals surface area contributed by atoms with E-state index >= 15 is 0 Å². The number of carbonyl (C=O) groups excluding carboxylic acids is 3. The van der Waals surface area contributed by atoms with Gasteiger partial charge in [0.15, 0.2) is 0 Å². The molecule has 0 radical (unpaired) electrons. The smallest absolute Gasteiger partial charge is 0.341 e. The van der Waals surface area contributed by atoms with Gasteiger partial charge in [0.2, 0.25) is 3.79 Å². The average molecular weight is 605 g/mol. The predicted octanol–water partition coefficient (Wildman–Crippen LogP) is 7.18. The van der Waals surface area contributed by atoms with Crippen molar-refractivity contribution in [3.05, 3.63) is 94.4 Å². The Morgan fingerprint density at radius 1 is 0.923 bits per heavy atom. The van der Waals surface area contributed by atoms with Gasteiger partial charge in [-0.2, -0.15) is 0 Å². The number of rotatable bonds is 8. The third-order valence-electron chi connectivity index (χ3n) is 5.78. The number of ether oxygens (including phenoxy) is 1. The van der Waals surface area contributed by atoms with Crippen molar-refractivity contribution >= 4 is 85.4 Å². The Balaban J connectivity index is 1.68. The van der Waals surface area contributed by atoms with Gasteiger partial charge in [0.05, 0.1) is 17.0 Å². The third-order valence-corrected chi connectivity index (χ3v) is 7.65. The summed E-state index contributed by atoms with van der Waals surface area (Å²) < 4.78 is 3.21. The molecule has 0 bridgehead atoms. The number of anilines is 2. The van der Waals surface area contributed by atoms with Crippen LogP contribution < -0.4 is 16.0 Å². The molecule has 7 nitrogen and oxygen atoms in total. The lowest BCUT2D eigenvalue weighted by atomic mass is 10.0. The Morgan fingerprint density at radius 3 is 2.28 bits per heavy atom. The molecule has 2 amide bonds. The van der Waals surface area contributed by atoms with E-state index in [1.165, 1.54) is 0 Å². The fourth-order valence-corrected chi connectivity index (χ4v) is 5.40. The lowest BCUT2D eigenvalue weighted by Crippen LogP contribution is -2.49. The molecule has 0 spiro atoms. The van der Waals surface area contributed by atoms with Crippen molar-refractivity contribution in [3.63, 3.8) is 0 Å². The maximum Gasteiger partial charge on any atom is 0.341 e. The number of hydrogen-bond acceptors (Lipinski definition) is 6.